The zero-order valence-electron chi connectivity index (χ0n) is 14.0. The number of terminal acetylenes is 1. The zero-order chi connectivity index (χ0) is 18.4. The second-order valence-electron chi connectivity index (χ2n) is 6.19. The molecule has 0 saturated heterocycles. The molecule has 0 saturated carbocycles. The molecular weight excluding hydrogens is 306 g/mol. The number of nitro benzene ring substituents is 1. The average molecular weight is 327 g/mol. The number of non-ortho nitro benzene ring substituents is 1. The summed E-state index contributed by atoms with van der Waals surface area (Å²) in [5, 5.41) is 10.7. The Balaban J connectivity index is 3.07. The van der Waals surface area contributed by atoms with Crippen molar-refractivity contribution in [3.63, 3.8) is 0 Å². The number of hydrogen-bond donors (Lipinski definition) is 0. The van der Waals surface area contributed by atoms with Crippen LogP contribution in [0, 0.1) is 27.9 Å². The molecule has 0 N–H and O–H groups in total. The minimum atomic E-state index is -1.15. The molecule has 24 heavy (non-hydrogen) atoms. The summed E-state index contributed by atoms with van der Waals surface area (Å²) in [4.78, 5) is 22.5. The van der Waals surface area contributed by atoms with E-state index < -0.39 is 16.5 Å². The number of rotatable bonds is 8. The fraction of sp³-hybridized carbons (Fsp3) is 0.316. The van der Waals surface area contributed by atoms with E-state index in [1.54, 1.807) is 12.2 Å². The van der Waals surface area contributed by atoms with Gasteiger partial charge in [0.05, 0.1) is 10.5 Å². The van der Waals surface area contributed by atoms with E-state index in [1.807, 2.05) is 13.8 Å². The van der Waals surface area contributed by atoms with Crippen LogP contribution in [0.25, 0.3) is 0 Å². The van der Waals surface area contributed by atoms with Crippen molar-refractivity contribution in [3.05, 3.63) is 65.3 Å². The molecule has 0 aliphatic rings. The van der Waals surface area contributed by atoms with Crippen molar-refractivity contribution in [2.45, 2.75) is 32.3 Å². The molecule has 0 fully saturated rings. The fourth-order valence-corrected chi connectivity index (χ4v) is 2.29. The number of allylic oxidation sites excluding steroid dienone is 1. The van der Waals surface area contributed by atoms with Crippen LogP contribution in [0.5, 0.6) is 0 Å². The van der Waals surface area contributed by atoms with Gasteiger partial charge in [-0.15, -0.1) is 19.6 Å². The summed E-state index contributed by atoms with van der Waals surface area (Å²) in [5.74, 6) is 1.93. The third-order valence-electron chi connectivity index (χ3n) is 3.63. The first-order valence-electron chi connectivity index (χ1n) is 7.39. The van der Waals surface area contributed by atoms with Gasteiger partial charge in [0.15, 0.2) is 5.60 Å². The monoisotopic (exact) mass is 327 g/mol. The Bertz CT molecular complexity index is 682. The van der Waals surface area contributed by atoms with Crippen LogP contribution in [-0.4, -0.2) is 16.5 Å². The second-order valence-corrected chi connectivity index (χ2v) is 6.19. The molecule has 5 heteroatoms. The smallest absolute Gasteiger partial charge is 0.339 e. The summed E-state index contributed by atoms with van der Waals surface area (Å²) in [7, 11) is 0. The van der Waals surface area contributed by atoms with Gasteiger partial charge >= 0.3 is 5.97 Å². The summed E-state index contributed by atoms with van der Waals surface area (Å²) in [6.07, 6.45) is 9.67. The molecule has 0 bridgehead atoms. The molecule has 1 aromatic carbocycles. The van der Waals surface area contributed by atoms with Crippen LogP contribution < -0.4 is 0 Å². The maximum Gasteiger partial charge on any atom is 0.339 e. The van der Waals surface area contributed by atoms with Crippen LogP contribution in [0.2, 0.25) is 0 Å². The van der Waals surface area contributed by atoms with Crippen molar-refractivity contribution in [2.24, 2.45) is 5.41 Å². The first kappa shape index (κ1) is 19.2. The van der Waals surface area contributed by atoms with E-state index in [0.717, 1.165) is 0 Å². The molecular formula is C19H21NO4. The van der Waals surface area contributed by atoms with Gasteiger partial charge in [0.25, 0.3) is 5.69 Å². The Hall–Kier alpha value is -2.87. The molecule has 0 amide bonds. The topological polar surface area (TPSA) is 69.4 Å². The summed E-state index contributed by atoms with van der Waals surface area (Å²) in [6, 6.07) is 5.17. The van der Waals surface area contributed by atoms with Crippen molar-refractivity contribution in [3.8, 4) is 12.3 Å². The predicted molar refractivity (Wildman–Crippen MR) is 93.5 cm³/mol. The Kier molecular flexibility index (Phi) is 6.07. The first-order valence-corrected chi connectivity index (χ1v) is 7.39. The van der Waals surface area contributed by atoms with E-state index in [9.17, 15) is 14.9 Å². The predicted octanol–water partition coefficient (Wildman–Crippen LogP) is 4.30. The van der Waals surface area contributed by atoms with Crippen molar-refractivity contribution in [1.29, 1.82) is 0 Å². The average Bonchev–Trinajstić information content (AvgIpc) is 2.54. The molecule has 5 nitrogen and oxygen atoms in total. The molecule has 1 unspecified atom stereocenters. The number of carbonyl (C=O) groups is 1. The third-order valence-corrected chi connectivity index (χ3v) is 3.63. The van der Waals surface area contributed by atoms with Crippen molar-refractivity contribution in [2.75, 3.05) is 0 Å². The molecule has 0 heterocycles. The van der Waals surface area contributed by atoms with Crippen LogP contribution >= 0.6 is 0 Å². The molecule has 0 aliphatic carbocycles. The van der Waals surface area contributed by atoms with Crippen molar-refractivity contribution >= 4 is 11.7 Å². The summed E-state index contributed by atoms with van der Waals surface area (Å²) in [6.45, 7) is 11.3. The number of nitrogens with zero attached hydrogens (tertiary/aromatic N) is 1. The fourth-order valence-electron chi connectivity index (χ4n) is 2.29. The second kappa shape index (κ2) is 7.60. The van der Waals surface area contributed by atoms with Crippen LogP contribution in [0.1, 0.15) is 37.0 Å². The Morgan fingerprint density at radius 3 is 2.38 bits per heavy atom. The lowest BCUT2D eigenvalue weighted by Crippen LogP contribution is -2.37. The van der Waals surface area contributed by atoms with Gasteiger partial charge in [-0.05, 0) is 17.5 Å². The number of benzene rings is 1. The molecule has 1 aromatic rings. The van der Waals surface area contributed by atoms with Gasteiger partial charge in [0.1, 0.15) is 0 Å². The molecule has 0 aromatic heterocycles. The van der Waals surface area contributed by atoms with Crippen molar-refractivity contribution in [1.82, 2.24) is 0 Å². The highest BCUT2D eigenvalue weighted by Crippen LogP contribution is 2.34. The summed E-state index contributed by atoms with van der Waals surface area (Å²) < 4.78 is 5.59. The number of carbonyl (C=O) groups excluding carboxylic acids is 1. The Labute approximate surface area is 142 Å². The lowest BCUT2D eigenvalue weighted by molar-refractivity contribution is -0.384. The van der Waals surface area contributed by atoms with Gasteiger partial charge < -0.3 is 4.74 Å². The minimum absolute atomic E-state index is 0.103. The standard InChI is InChI=1S/C19H21NO4/c1-6-13-19(8-3,14-18(4,5)7-2)24-17(21)15-9-11-16(12-10-15)20(22)23/h3,6-7,9-12H,1-2,13-14H2,4-5H3. The van der Waals surface area contributed by atoms with Crippen molar-refractivity contribution < 1.29 is 14.5 Å². The van der Waals surface area contributed by atoms with Gasteiger partial charge in [-0.25, -0.2) is 4.79 Å². The normalized spacial score (nSPS) is 13.2. The minimum Gasteiger partial charge on any atom is -0.442 e. The number of nitro groups is 1. The zero-order valence-corrected chi connectivity index (χ0v) is 14.0. The van der Waals surface area contributed by atoms with E-state index >= 15 is 0 Å². The molecule has 1 rings (SSSR count). The molecule has 0 aliphatic heterocycles. The molecule has 1 atom stereocenters. The number of ether oxygens (including phenoxy) is 1. The van der Waals surface area contributed by atoms with Crippen LogP contribution in [0.15, 0.2) is 49.6 Å². The highest BCUT2D eigenvalue weighted by atomic mass is 16.6. The van der Waals surface area contributed by atoms with Gasteiger partial charge in [0, 0.05) is 25.0 Å². The van der Waals surface area contributed by atoms with Crippen LogP contribution in [0.4, 0.5) is 5.69 Å². The van der Waals surface area contributed by atoms with Gasteiger partial charge in [-0.1, -0.05) is 31.9 Å². The lowest BCUT2D eigenvalue weighted by Gasteiger charge is -2.34. The van der Waals surface area contributed by atoms with Crippen LogP contribution in [0.3, 0.4) is 0 Å². The van der Waals surface area contributed by atoms with Gasteiger partial charge in [-0.3, -0.25) is 10.1 Å². The van der Waals surface area contributed by atoms with E-state index in [4.69, 9.17) is 11.2 Å². The Morgan fingerprint density at radius 1 is 1.38 bits per heavy atom. The van der Waals surface area contributed by atoms with Gasteiger partial charge in [-0.2, -0.15) is 0 Å². The van der Waals surface area contributed by atoms with E-state index in [1.165, 1.54) is 24.3 Å². The highest BCUT2D eigenvalue weighted by molar-refractivity contribution is 5.90. The number of hydrogen-bond acceptors (Lipinski definition) is 4. The molecule has 126 valence electrons. The van der Waals surface area contributed by atoms with Crippen LogP contribution in [-0.2, 0) is 4.74 Å². The highest BCUT2D eigenvalue weighted by Gasteiger charge is 2.36. The number of esters is 1. The van der Waals surface area contributed by atoms with E-state index in [2.05, 4.69) is 19.1 Å². The maximum atomic E-state index is 12.4. The maximum absolute atomic E-state index is 12.4. The third kappa shape index (κ3) is 4.82. The molecule has 0 spiro atoms. The summed E-state index contributed by atoms with van der Waals surface area (Å²) in [5.41, 5.74) is -1.40. The SMILES string of the molecule is C#CC(CC=C)(CC(C)(C)C=C)OC(=O)c1ccc([N+](=O)[O-])cc1. The first-order chi connectivity index (χ1) is 11.2. The summed E-state index contributed by atoms with van der Waals surface area (Å²) >= 11 is 0. The lowest BCUT2D eigenvalue weighted by atomic mass is 9.79. The van der Waals surface area contributed by atoms with Gasteiger partial charge in [0.2, 0.25) is 0 Å². The molecule has 0 radical (unpaired) electrons. The quantitative estimate of drug-likeness (QED) is 0.235. The van der Waals surface area contributed by atoms with E-state index in [0.29, 0.717) is 12.8 Å². The Morgan fingerprint density at radius 2 is 1.96 bits per heavy atom. The largest absolute Gasteiger partial charge is 0.442 e. The van der Waals surface area contributed by atoms with E-state index in [-0.39, 0.29) is 16.7 Å².